The number of ether oxygens (including phenoxy) is 1. The number of rotatable bonds is 8. The minimum atomic E-state index is -0.326. The maximum absolute atomic E-state index is 12.7. The molecule has 1 amide bonds. The summed E-state index contributed by atoms with van der Waals surface area (Å²) in [4.78, 5) is 35.0. The molecule has 1 fully saturated rings. The topological polar surface area (TPSA) is 87.3 Å². The van der Waals surface area contributed by atoms with Gasteiger partial charge in [0.25, 0.3) is 0 Å². The third kappa shape index (κ3) is 5.53. The number of amides is 1. The Bertz CT molecular complexity index is 1020. The third-order valence-corrected chi connectivity index (χ3v) is 5.89. The van der Waals surface area contributed by atoms with Crippen LogP contribution in [0.3, 0.4) is 0 Å². The summed E-state index contributed by atoms with van der Waals surface area (Å²) >= 11 is 0. The SMILES string of the molecule is CCCCOC(=O)c1ccc(NC(=O)C2CCN(Cc3nc4ccccc4[nH]3)CC2)cc1. The van der Waals surface area contributed by atoms with Crippen LogP contribution in [0.5, 0.6) is 0 Å². The Labute approximate surface area is 188 Å². The molecule has 1 aliphatic rings. The molecule has 1 saturated heterocycles. The quantitative estimate of drug-likeness (QED) is 0.406. The van der Waals surface area contributed by atoms with E-state index in [0.717, 1.165) is 62.2 Å². The fourth-order valence-electron chi connectivity index (χ4n) is 3.97. The molecule has 0 atom stereocenters. The Hall–Kier alpha value is -3.19. The molecule has 0 bridgehead atoms. The van der Waals surface area contributed by atoms with Crippen LogP contribution in [0.2, 0.25) is 0 Å². The van der Waals surface area contributed by atoms with E-state index in [9.17, 15) is 9.59 Å². The van der Waals surface area contributed by atoms with Gasteiger partial charge in [0.05, 0.1) is 29.7 Å². The lowest BCUT2D eigenvalue weighted by Gasteiger charge is -2.30. The van der Waals surface area contributed by atoms with Crippen molar-refractivity contribution in [2.45, 2.75) is 39.2 Å². The molecule has 0 radical (unpaired) electrons. The first-order valence-corrected chi connectivity index (χ1v) is 11.4. The number of anilines is 1. The average Bonchev–Trinajstić information content (AvgIpc) is 3.22. The van der Waals surface area contributed by atoms with Crippen LogP contribution in [0.4, 0.5) is 5.69 Å². The molecule has 0 unspecified atom stereocenters. The molecule has 2 heterocycles. The molecule has 4 rings (SSSR count). The molecular formula is C25H30N4O3. The number of fused-ring (bicyclic) bond motifs is 1. The van der Waals surface area contributed by atoms with Crippen LogP contribution in [0, 0.1) is 5.92 Å². The number of aromatic amines is 1. The second-order valence-electron chi connectivity index (χ2n) is 8.31. The molecule has 1 aromatic heterocycles. The number of imidazole rings is 1. The standard InChI is InChI=1S/C25H30N4O3/c1-2-3-16-32-25(31)19-8-10-20(11-9-19)26-24(30)18-12-14-29(15-13-18)17-23-27-21-6-4-5-7-22(21)28-23/h4-11,18H,2-3,12-17H2,1H3,(H,26,30)(H,27,28). The van der Waals surface area contributed by atoms with Crippen molar-refractivity contribution >= 4 is 28.6 Å². The summed E-state index contributed by atoms with van der Waals surface area (Å²) in [6, 6.07) is 14.9. The first-order valence-electron chi connectivity index (χ1n) is 11.4. The van der Waals surface area contributed by atoms with Crippen molar-refractivity contribution in [2.24, 2.45) is 5.92 Å². The van der Waals surface area contributed by atoms with Crippen LogP contribution in [0.15, 0.2) is 48.5 Å². The number of piperidine rings is 1. The van der Waals surface area contributed by atoms with Gasteiger partial charge in [-0.1, -0.05) is 25.5 Å². The molecule has 0 saturated carbocycles. The third-order valence-electron chi connectivity index (χ3n) is 5.89. The van der Waals surface area contributed by atoms with E-state index in [4.69, 9.17) is 4.74 Å². The second-order valence-corrected chi connectivity index (χ2v) is 8.31. The summed E-state index contributed by atoms with van der Waals surface area (Å²) in [6.07, 6.45) is 3.47. The number of hydrogen-bond acceptors (Lipinski definition) is 5. The predicted molar refractivity (Wildman–Crippen MR) is 124 cm³/mol. The monoisotopic (exact) mass is 434 g/mol. The number of benzene rings is 2. The van der Waals surface area contributed by atoms with Gasteiger partial charge in [-0.3, -0.25) is 9.69 Å². The highest BCUT2D eigenvalue weighted by molar-refractivity contribution is 5.94. The van der Waals surface area contributed by atoms with Gasteiger partial charge in [-0.2, -0.15) is 0 Å². The van der Waals surface area contributed by atoms with Gasteiger partial charge in [0, 0.05) is 11.6 Å². The number of unbranched alkanes of at least 4 members (excludes halogenated alkanes) is 1. The number of nitrogens with one attached hydrogen (secondary N) is 2. The molecule has 1 aliphatic heterocycles. The maximum Gasteiger partial charge on any atom is 0.338 e. The summed E-state index contributed by atoms with van der Waals surface area (Å²) in [5.41, 5.74) is 3.23. The summed E-state index contributed by atoms with van der Waals surface area (Å²) < 4.78 is 5.22. The van der Waals surface area contributed by atoms with E-state index in [-0.39, 0.29) is 17.8 Å². The van der Waals surface area contributed by atoms with Crippen LogP contribution in [-0.4, -0.2) is 46.4 Å². The maximum atomic E-state index is 12.7. The first kappa shape index (κ1) is 22.0. The summed E-state index contributed by atoms with van der Waals surface area (Å²) in [6.45, 7) is 4.97. The Kier molecular flexibility index (Phi) is 7.17. The van der Waals surface area contributed by atoms with E-state index >= 15 is 0 Å². The Morgan fingerprint density at radius 1 is 1.12 bits per heavy atom. The number of aromatic nitrogens is 2. The van der Waals surface area contributed by atoms with Crippen molar-refractivity contribution < 1.29 is 14.3 Å². The molecule has 2 aromatic carbocycles. The molecular weight excluding hydrogens is 404 g/mol. The van der Waals surface area contributed by atoms with Gasteiger partial charge in [-0.25, -0.2) is 9.78 Å². The zero-order valence-electron chi connectivity index (χ0n) is 18.5. The lowest BCUT2D eigenvalue weighted by atomic mass is 9.95. The number of H-pyrrole nitrogens is 1. The van der Waals surface area contributed by atoms with Crippen molar-refractivity contribution in [2.75, 3.05) is 25.0 Å². The molecule has 3 aromatic rings. The molecule has 7 heteroatoms. The van der Waals surface area contributed by atoms with Gasteiger partial charge >= 0.3 is 5.97 Å². The fourth-order valence-corrected chi connectivity index (χ4v) is 3.97. The zero-order chi connectivity index (χ0) is 22.3. The highest BCUT2D eigenvalue weighted by Gasteiger charge is 2.25. The van der Waals surface area contributed by atoms with Crippen LogP contribution >= 0.6 is 0 Å². The first-order chi connectivity index (χ1) is 15.6. The molecule has 0 aliphatic carbocycles. The van der Waals surface area contributed by atoms with Crippen LogP contribution < -0.4 is 5.32 Å². The molecule has 168 valence electrons. The van der Waals surface area contributed by atoms with E-state index in [2.05, 4.69) is 27.1 Å². The smallest absolute Gasteiger partial charge is 0.338 e. The largest absolute Gasteiger partial charge is 0.462 e. The van der Waals surface area contributed by atoms with Gasteiger partial charge in [-0.15, -0.1) is 0 Å². The van der Waals surface area contributed by atoms with Gasteiger partial charge in [0.1, 0.15) is 5.82 Å². The van der Waals surface area contributed by atoms with Crippen molar-refractivity contribution in [3.63, 3.8) is 0 Å². The predicted octanol–water partition coefficient (Wildman–Crippen LogP) is 4.37. The molecule has 0 spiro atoms. The molecule has 7 nitrogen and oxygen atoms in total. The van der Waals surface area contributed by atoms with E-state index in [0.29, 0.717) is 17.9 Å². The minimum Gasteiger partial charge on any atom is -0.462 e. The highest BCUT2D eigenvalue weighted by Crippen LogP contribution is 2.21. The van der Waals surface area contributed by atoms with E-state index in [1.54, 1.807) is 24.3 Å². The van der Waals surface area contributed by atoms with Crippen molar-refractivity contribution in [1.82, 2.24) is 14.9 Å². The van der Waals surface area contributed by atoms with Crippen molar-refractivity contribution in [1.29, 1.82) is 0 Å². The highest BCUT2D eigenvalue weighted by atomic mass is 16.5. The second kappa shape index (κ2) is 10.4. The zero-order valence-corrected chi connectivity index (χ0v) is 18.5. The normalized spacial score (nSPS) is 15.0. The van der Waals surface area contributed by atoms with E-state index in [1.165, 1.54) is 0 Å². The van der Waals surface area contributed by atoms with Gasteiger partial charge in [0.15, 0.2) is 0 Å². The van der Waals surface area contributed by atoms with E-state index in [1.807, 2.05) is 24.3 Å². The van der Waals surface area contributed by atoms with Crippen molar-refractivity contribution in [3.05, 3.63) is 59.9 Å². The average molecular weight is 435 g/mol. The number of hydrogen-bond donors (Lipinski definition) is 2. The van der Waals surface area contributed by atoms with Gasteiger partial charge < -0.3 is 15.0 Å². The Morgan fingerprint density at radius 3 is 2.59 bits per heavy atom. The minimum absolute atomic E-state index is 0.0133. The van der Waals surface area contributed by atoms with Gasteiger partial charge in [-0.05, 0) is 68.8 Å². The summed E-state index contributed by atoms with van der Waals surface area (Å²) in [5, 5.41) is 2.98. The van der Waals surface area contributed by atoms with Crippen LogP contribution in [0.1, 0.15) is 48.8 Å². The molecule has 32 heavy (non-hydrogen) atoms. The van der Waals surface area contributed by atoms with Crippen LogP contribution in [-0.2, 0) is 16.1 Å². The number of carbonyl (C=O) groups excluding carboxylic acids is 2. The Morgan fingerprint density at radius 2 is 1.88 bits per heavy atom. The van der Waals surface area contributed by atoms with E-state index < -0.39 is 0 Å². The number of carbonyl (C=O) groups is 2. The lowest BCUT2D eigenvalue weighted by molar-refractivity contribution is -0.121. The number of likely N-dealkylation sites (tertiary alicyclic amines) is 1. The number of nitrogens with zero attached hydrogens (tertiary/aromatic N) is 2. The number of para-hydroxylation sites is 2. The summed E-state index contributed by atoms with van der Waals surface area (Å²) in [5.74, 6) is 0.655. The number of esters is 1. The van der Waals surface area contributed by atoms with Crippen LogP contribution in [0.25, 0.3) is 11.0 Å². The lowest BCUT2D eigenvalue weighted by Crippen LogP contribution is -2.38. The summed E-state index contributed by atoms with van der Waals surface area (Å²) in [7, 11) is 0. The molecule has 2 N–H and O–H groups in total. The Balaban J connectivity index is 1.24. The fraction of sp³-hybridized carbons (Fsp3) is 0.400. The van der Waals surface area contributed by atoms with Gasteiger partial charge in [0.2, 0.25) is 5.91 Å². The van der Waals surface area contributed by atoms with Crippen molar-refractivity contribution in [3.8, 4) is 0 Å².